The molecule has 10 heteroatoms. The van der Waals surface area contributed by atoms with E-state index >= 15 is 0 Å². The summed E-state index contributed by atoms with van der Waals surface area (Å²) in [7, 11) is 0.864. The number of rotatable bonds is 2. The van der Waals surface area contributed by atoms with Gasteiger partial charge in [0, 0.05) is 18.7 Å². The molecule has 130 valence electrons. The van der Waals surface area contributed by atoms with Crippen LogP contribution in [0.2, 0.25) is 0 Å². The van der Waals surface area contributed by atoms with Crippen molar-refractivity contribution < 1.29 is 35.5 Å². The van der Waals surface area contributed by atoms with Gasteiger partial charge in [-0.05, 0) is 12.1 Å². The summed E-state index contributed by atoms with van der Waals surface area (Å²) in [5.41, 5.74) is -3.08. The number of benzene rings is 1. The van der Waals surface area contributed by atoms with E-state index < -0.39 is 53.2 Å². The highest BCUT2D eigenvalue weighted by Gasteiger charge is 2.55. The van der Waals surface area contributed by atoms with Crippen molar-refractivity contribution in [1.29, 1.82) is 0 Å². The average Bonchev–Trinajstić information content (AvgIpc) is 2.93. The lowest BCUT2D eigenvalue weighted by molar-refractivity contribution is -0.148. The summed E-state index contributed by atoms with van der Waals surface area (Å²) >= 11 is 0. The van der Waals surface area contributed by atoms with Gasteiger partial charge in [-0.25, -0.2) is 22.2 Å². The zero-order chi connectivity index (χ0) is 17.9. The quantitative estimate of drug-likeness (QED) is 0.761. The van der Waals surface area contributed by atoms with Gasteiger partial charge in [0.2, 0.25) is 0 Å². The monoisotopic (exact) mass is 354 g/mol. The zero-order valence-electron chi connectivity index (χ0n) is 12.0. The summed E-state index contributed by atoms with van der Waals surface area (Å²) in [6.45, 7) is 0. The molecule has 24 heavy (non-hydrogen) atoms. The van der Waals surface area contributed by atoms with E-state index in [1.54, 1.807) is 0 Å². The second-order valence-corrected chi connectivity index (χ2v) is 5.27. The Labute approximate surface area is 130 Å². The molecule has 1 aliphatic carbocycles. The number of fused-ring (bicyclic) bond motifs is 1. The number of methoxy groups -OCH3 is 1. The van der Waals surface area contributed by atoms with Crippen LogP contribution in [0.5, 0.6) is 0 Å². The van der Waals surface area contributed by atoms with E-state index in [2.05, 4.69) is 9.84 Å². The Kier molecular flexibility index (Phi) is 3.63. The van der Waals surface area contributed by atoms with Gasteiger partial charge in [0.1, 0.15) is 6.10 Å². The largest absolute Gasteiger partial charge is 0.435 e. The minimum atomic E-state index is -5.01. The van der Waals surface area contributed by atoms with Gasteiger partial charge in [-0.3, -0.25) is 0 Å². The first-order valence-electron chi connectivity index (χ1n) is 6.61. The number of halogens is 7. The Bertz CT molecular complexity index is 797. The van der Waals surface area contributed by atoms with Gasteiger partial charge in [0.15, 0.2) is 17.3 Å². The van der Waals surface area contributed by atoms with Crippen LogP contribution in [-0.2, 0) is 17.3 Å². The highest BCUT2D eigenvalue weighted by atomic mass is 19.4. The van der Waals surface area contributed by atoms with Crippen LogP contribution in [0.3, 0.4) is 0 Å². The molecular formula is C14H9F7N2O. The molecule has 1 aromatic heterocycles. The Morgan fingerprint density at radius 2 is 1.88 bits per heavy atom. The lowest BCUT2D eigenvalue weighted by Gasteiger charge is -2.19. The van der Waals surface area contributed by atoms with Crippen LogP contribution in [0.15, 0.2) is 18.2 Å². The van der Waals surface area contributed by atoms with Crippen LogP contribution < -0.4 is 0 Å². The number of nitrogens with zero attached hydrogens (tertiary/aromatic N) is 2. The number of ether oxygens (including phenoxy) is 1. The van der Waals surface area contributed by atoms with Crippen molar-refractivity contribution in [3.8, 4) is 5.69 Å². The van der Waals surface area contributed by atoms with E-state index in [4.69, 9.17) is 0 Å². The molecule has 1 atom stereocenters. The van der Waals surface area contributed by atoms with Crippen molar-refractivity contribution in [2.45, 2.75) is 24.6 Å². The summed E-state index contributed by atoms with van der Waals surface area (Å²) in [5, 5.41) is 3.30. The molecule has 0 saturated heterocycles. The van der Waals surface area contributed by atoms with Crippen LogP contribution in [0.25, 0.3) is 5.69 Å². The molecule has 0 unspecified atom stereocenters. The zero-order valence-corrected chi connectivity index (χ0v) is 12.0. The smallest absolute Gasteiger partial charge is 0.370 e. The summed E-state index contributed by atoms with van der Waals surface area (Å²) in [5.74, 6) is -6.14. The summed E-state index contributed by atoms with van der Waals surface area (Å²) < 4.78 is 98.9. The number of aromatic nitrogens is 2. The van der Waals surface area contributed by atoms with Crippen molar-refractivity contribution in [3.05, 3.63) is 46.8 Å². The molecule has 0 radical (unpaired) electrons. The first kappa shape index (κ1) is 16.7. The van der Waals surface area contributed by atoms with Gasteiger partial charge >= 0.3 is 6.18 Å². The van der Waals surface area contributed by atoms with Crippen molar-refractivity contribution >= 4 is 0 Å². The fraction of sp³-hybridized carbons (Fsp3) is 0.357. The molecule has 3 nitrogen and oxygen atoms in total. The minimum Gasteiger partial charge on any atom is -0.370 e. The van der Waals surface area contributed by atoms with Gasteiger partial charge in [-0.2, -0.15) is 18.3 Å². The Hall–Kier alpha value is -2.10. The topological polar surface area (TPSA) is 27.1 Å². The predicted molar refractivity (Wildman–Crippen MR) is 66.9 cm³/mol. The predicted octanol–water partition coefficient (Wildman–Crippen LogP) is 4.05. The highest BCUT2D eigenvalue weighted by Crippen LogP contribution is 2.50. The van der Waals surface area contributed by atoms with Crippen LogP contribution in [-0.4, -0.2) is 22.8 Å². The molecule has 0 saturated carbocycles. The summed E-state index contributed by atoms with van der Waals surface area (Å²) in [4.78, 5) is 0. The molecule has 2 aromatic rings. The van der Waals surface area contributed by atoms with Crippen LogP contribution in [0.4, 0.5) is 30.7 Å². The van der Waals surface area contributed by atoms with Crippen LogP contribution >= 0.6 is 0 Å². The molecule has 1 heterocycles. The first-order chi connectivity index (χ1) is 11.1. The summed E-state index contributed by atoms with van der Waals surface area (Å²) in [6.07, 6.45) is -8.20. The molecule has 0 bridgehead atoms. The molecule has 1 aliphatic rings. The molecule has 0 N–H and O–H groups in total. The van der Waals surface area contributed by atoms with Crippen molar-refractivity contribution in [2.24, 2.45) is 0 Å². The van der Waals surface area contributed by atoms with E-state index in [1.165, 1.54) is 0 Å². The number of hydrogen-bond acceptors (Lipinski definition) is 2. The lowest BCUT2D eigenvalue weighted by atomic mass is 10.1. The number of hydrogen-bond donors (Lipinski definition) is 0. The second kappa shape index (κ2) is 5.20. The maximum atomic E-state index is 14.0. The molecule has 0 spiro atoms. The fourth-order valence-corrected chi connectivity index (χ4v) is 2.77. The highest BCUT2D eigenvalue weighted by molar-refractivity contribution is 5.44. The van der Waals surface area contributed by atoms with Crippen molar-refractivity contribution in [2.75, 3.05) is 7.11 Å². The maximum absolute atomic E-state index is 14.0. The minimum absolute atomic E-state index is 0.298. The van der Waals surface area contributed by atoms with Gasteiger partial charge in [0.25, 0.3) is 5.92 Å². The maximum Gasteiger partial charge on any atom is 0.435 e. The van der Waals surface area contributed by atoms with E-state index in [-0.39, 0.29) is 5.69 Å². The SMILES string of the molecule is CO[C@H]1c2c(C(F)(F)F)nn(-c3ccc(F)c(F)c3)c2CC1(F)F. The number of alkyl halides is 5. The molecule has 0 amide bonds. The molecule has 3 rings (SSSR count). The van der Waals surface area contributed by atoms with E-state index in [0.717, 1.165) is 13.2 Å². The Balaban J connectivity index is 2.25. The average molecular weight is 354 g/mol. The van der Waals surface area contributed by atoms with Gasteiger partial charge in [-0.15, -0.1) is 0 Å². The fourth-order valence-electron chi connectivity index (χ4n) is 2.77. The second-order valence-electron chi connectivity index (χ2n) is 5.27. The van der Waals surface area contributed by atoms with Crippen LogP contribution in [0, 0.1) is 11.6 Å². The van der Waals surface area contributed by atoms with Crippen molar-refractivity contribution in [3.63, 3.8) is 0 Å². The Morgan fingerprint density at radius 3 is 2.42 bits per heavy atom. The first-order valence-corrected chi connectivity index (χ1v) is 6.61. The van der Waals surface area contributed by atoms with Crippen LogP contribution in [0.1, 0.15) is 23.1 Å². The molecule has 1 aromatic carbocycles. The van der Waals surface area contributed by atoms with E-state index in [0.29, 0.717) is 16.8 Å². The van der Waals surface area contributed by atoms with E-state index in [9.17, 15) is 30.7 Å². The Morgan fingerprint density at radius 1 is 1.21 bits per heavy atom. The third-order valence-electron chi connectivity index (χ3n) is 3.72. The lowest BCUT2D eigenvalue weighted by Crippen LogP contribution is -2.26. The van der Waals surface area contributed by atoms with Gasteiger partial charge in [-0.1, -0.05) is 0 Å². The van der Waals surface area contributed by atoms with Crippen molar-refractivity contribution in [1.82, 2.24) is 9.78 Å². The third kappa shape index (κ3) is 2.45. The van der Waals surface area contributed by atoms with Gasteiger partial charge in [0.05, 0.1) is 17.8 Å². The molecule has 0 aliphatic heterocycles. The standard InChI is InChI=1S/C14H9F7N2O/c1-24-12-10-9(5-13(12,17)18)23(22-11(10)14(19,20)21)6-2-3-7(15)8(16)4-6/h2-4,12H,5H2,1H3/t12-/m0/s1. The van der Waals surface area contributed by atoms with E-state index in [1.807, 2.05) is 0 Å². The molecular weight excluding hydrogens is 345 g/mol. The third-order valence-corrected chi connectivity index (χ3v) is 3.72. The van der Waals surface area contributed by atoms with Gasteiger partial charge < -0.3 is 4.74 Å². The molecule has 0 fully saturated rings. The normalized spacial score (nSPS) is 19.6. The summed E-state index contributed by atoms with van der Waals surface area (Å²) in [6, 6.07) is 2.21.